The van der Waals surface area contributed by atoms with Crippen LogP contribution >= 0.6 is 0 Å². The van der Waals surface area contributed by atoms with Gasteiger partial charge in [-0.3, -0.25) is 4.79 Å². The minimum absolute atomic E-state index is 0.255. The van der Waals surface area contributed by atoms with Crippen LogP contribution in [-0.2, 0) is 0 Å². The van der Waals surface area contributed by atoms with Crippen LogP contribution < -0.4 is 15.4 Å². The summed E-state index contributed by atoms with van der Waals surface area (Å²) in [5.41, 5.74) is 1.48. The highest BCUT2D eigenvalue weighted by Crippen LogP contribution is 2.19. The zero-order valence-electron chi connectivity index (χ0n) is 12.4. The second-order valence-corrected chi connectivity index (χ2v) is 4.72. The average molecular weight is 309 g/mol. The van der Waals surface area contributed by atoms with Crippen LogP contribution in [0, 0.1) is 0 Å². The molecule has 1 amide bonds. The molecule has 0 aliphatic rings. The number of amides is 1. The summed E-state index contributed by atoms with van der Waals surface area (Å²) in [5.74, 6) is 1.41. The van der Waals surface area contributed by atoms with Crippen molar-refractivity contribution in [3.63, 3.8) is 0 Å². The van der Waals surface area contributed by atoms with Crippen LogP contribution in [0.2, 0.25) is 0 Å². The number of ether oxygens (including phenoxy) is 1. The number of carbonyl (C=O) groups is 1. The van der Waals surface area contributed by atoms with E-state index in [1.54, 1.807) is 37.6 Å². The molecule has 0 spiro atoms. The van der Waals surface area contributed by atoms with Crippen LogP contribution in [-0.4, -0.2) is 18.0 Å². The van der Waals surface area contributed by atoms with E-state index < -0.39 is 0 Å². The van der Waals surface area contributed by atoms with Gasteiger partial charge >= 0.3 is 0 Å². The molecule has 3 rings (SSSR count). The van der Waals surface area contributed by atoms with E-state index in [9.17, 15) is 4.79 Å². The van der Waals surface area contributed by atoms with Gasteiger partial charge in [0.05, 0.1) is 25.3 Å². The van der Waals surface area contributed by atoms with Gasteiger partial charge in [-0.05, 0) is 48.5 Å². The molecule has 0 atom stereocenters. The lowest BCUT2D eigenvalue weighted by Crippen LogP contribution is -2.11. The van der Waals surface area contributed by atoms with Crippen molar-refractivity contribution >= 4 is 23.1 Å². The number of benzene rings is 1. The molecule has 6 heteroatoms. The Labute approximate surface area is 133 Å². The second-order valence-electron chi connectivity index (χ2n) is 4.72. The molecule has 6 nitrogen and oxygen atoms in total. The molecule has 0 saturated carbocycles. The molecule has 116 valence electrons. The third kappa shape index (κ3) is 3.68. The van der Waals surface area contributed by atoms with E-state index >= 15 is 0 Å². The number of anilines is 3. The summed E-state index contributed by atoms with van der Waals surface area (Å²) in [6.45, 7) is 0. The van der Waals surface area contributed by atoms with Gasteiger partial charge in [-0.25, -0.2) is 4.98 Å². The van der Waals surface area contributed by atoms with Crippen molar-refractivity contribution < 1.29 is 13.9 Å². The molecule has 3 aromatic rings. The Balaban J connectivity index is 1.63. The zero-order valence-corrected chi connectivity index (χ0v) is 12.4. The first-order valence-electron chi connectivity index (χ1n) is 6.96. The summed E-state index contributed by atoms with van der Waals surface area (Å²) in [4.78, 5) is 16.1. The van der Waals surface area contributed by atoms with Gasteiger partial charge in [0.15, 0.2) is 5.76 Å². The van der Waals surface area contributed by atoms with Crippen LogP contribution in [0.25, 0.3) is 0 Å². The Morgan fingerprint density at radius 1 is 1.09 bits per heavy atom. The number of methoxy groups -OCH3 is 1. The second kappa shape index (κ2) is 6.65. The standard InChI is InChI=1S/C17H15N3O3/c1-22-14-7-4-12(5-8-14)19-16-9-6-13(11-18-16)20-17(21)15-3-2-10-23-15/h2-11H,1H3,(H,18,19)(H,20,21). The Morgan fingerprint density at radius 2 is 1.87 bits per heavy atom. The van der Waals surface area contributed by atoms with Crippen molar-refractivity contribution in [2.24, 2.45) is 0 Å². The Kier molecular flexibility index (Phi) is 4.24. The molecule has 0 bridgehead atoms. The first-order valence-corrected chi connectivity index (χ1v) is 6.96. The molecule has 0 unspecified atom stereocenters. The van der Waals surface area contributed by atoms with Gasteiger partial charge in [-0.1, -0.05) is 0 Å². The number of nitrogens with one attached hydrogen (secondary N) is 2. The number of hydrogen-bond donors (Lipinski definition) is 2. The van der Waals surface area contributed by atoms with E-state index in [4.69, 9.17) is 9.15 Å². The Morgan fingerprint density at radius 3 is 2.48 bits per heavy atom. The molecule has 0 aliphatic carbocycles. The highest BCUT2D eigenvalue weighted by Gasteiger charge is 2.08. The van der Waals surface area contributed by atoms with Gasteiger partial charge in [0.25, 0.3) is 5.91 Å². The van der Waals surface area contributed by atoms with Crippen molar-refractivity contribution in [2.45, 2.75) is 0 Å². The fourth-order valence-electron chi connectivity index (χ4n) is 1.96. The van der Waals surface area contributed by atoms with Crippen molar-refractivity contribution in [1.82, 2.24) is 4.98 Å². The Hall–Kier alpha value is -3.28. The predicted octanol–water partition coefficient (Wildman–Crippen LogP) is 3.68. The molecule has 2 heterocycles. The molecular weight excluding hydrogens is 294 g/mol. The minimum Gasteiger partial charge on any atom is -0.497 e. The highest BCUT2D eigenvalue weighted by molar-refractivity contribution is 6.02. The summed E-state index contributed by atoms with van der Waals surface area (Å²) in [7, 11) is 1.62. The maximum atomic E-state index is 11.9. The summed E-state index contributed by atoms with van der Waals surface area (Å²) >= 11 is 0. The fraction of sp³-hybridized carbons (Fsp3) is 0.0588. The lowest BCUT2D eigenvalue weighted by molar-refractivity contribution is 0.0996. The number of rotatable bonds is 5. The maximum Gasteiger partial charge on any atom is 0.291 e. The van der Waals surface area contributed by atoms with E-state index in [1.807, 2.05) is 24.3 Å². The van der Waals surface area contributed by atoms with Crippen LogP contribution in [0.4, 0.5) is 17.2 Å². The summed E-state index contributed by atoms with van der Waals surface area (Å²) < 4.78 is 10.1. The van der Waals surface area contributed by atoms with Gasteiger partial charge in [-0.15, -0.1) is 0 Å². The third-order valence-corrected chi connectivity index (χ3v) is 3.13. The molecule has 23 heavy (non-hydrogen) atoms. The summed E-state index contributed by atoms with van der Waals surface area (Å²) in [5, 5.41) is 5.88. The van der Waals surface area contributed by atoms with E-state index in [1.165, 1.54) is 6.26 Å². The zero-order chi connectivity index (χ0) is 16.1. The third-order valence-electron chi connectivity index (χ3n) is 3.13. The Bertz CT molecular complexity index is 766. The first-order chi connectivity index (χ1) is 11.2. The smallest absolute Gasteiger partial charge is 0.291 e. The normalized spacial score (nSPS) is 10.1. The molecule has 2 N–H and O–H groups in total. The van der Waals surface area contributed by atoms with Crippen molar-refractivity contribution in [3.8, 4) is 5.75 Å². The largest absolute Gasteiger partial charge is 0.497 e. The van der Waals surface area contributed by atoms with E-state index in [0.29, 0.717) is 11.5 Å². The van der Waals surface area contributed by atoms with E-state index in [-0.39, 0.29) is 11.7 Å². The number of furan rings is 1. The molecule has 0 radical (unpaired) electrons. The van der Waals surface area contributed by atoms with Gasteiger partial charge in [0.2, 0.25) is 0 Å². The molecule has 1 aromatic carbocycles. The number of pyridine rings is 1. The lowest BCUT2D eigenvalue weighted by Gasteiger charge is -2.08. The van der Waals surface area contributed by atoms with E-state index in [0.717, 1.165) is 11.4 Å². The predicted molar refractivity (Wildman–Crippen MR) is 87.2 cm³/mol. The number of aromatic nitrogens is 1. The number of carbonyl (C=O) groups excluding carboxylic acids is 1. The summed E-state index contributed by atoms with van der Waals surface area (Å²) in [6.07, 6.45) is 3.03. The van der Waals surface area contributed by atoms with Gasteiger partial charge in [0.1, 0.15) is 11.6 Å². The van der Waals surface area contributed by atoms with Gasteiger partial charge in [-0.2, -0.15) is 0 Å². The lowest BCUT2D eigenvalue weighted by atomic mass is 10.3. The van der Waals surface area contributed by atoms with Crippen LogP contribution in [0.3, 0.4) is 0 Å². The van der Waals surface area contributed by atoms with Crippen LogP contribution in [0.15, 0.2) is 65.4 Å². The average Bonchev–Trinajstić information content (AvgIpc) is 3.12. The first kappa shape index (κ1) is 14.6. The number of hydrogen-bond acceptors (Lipinski definition) is 5. The molecule has 2 aromatic heterocycles. The molecule has 0 aliphatic heterocycles. The monoisotopic (exact) mass is 309 g/mol. The van der Waals surface area contributed by atoms with Gasteiger partial charge < -0.3 is 19.8 Å². The van der Waals surface area contributed by atoms with Crippen molar-refractivity contribution in [2.75, 3.05) is 17.7 Å². The fourth-order valence-corrected chi connectivity index (χ4v) is 1.96. The quantitative estimate of drug-likeness (QED) is 0.752. The van der Waals surface area contributed by atoms with Crippen LogP contribution in [0.5, 0.6) is 5.75 Å². The SMILES string of the molecule is COc1ccc(Nc2ccc(NC(=O)c3ccco3)cn2)cc1. The van der Waals surface area contributed by atoms with E-state index in [2.05, 4.69) is 15.6 Å². The highest BCUT2D eigenvalue weighted by atomic mass is 16.5. The van der Waals surface area contributed by atoms with Crippen LogP contribution in [0.1, 0.15) is 10.6 Å². The molecule has 0 saturated heterocycles. The van der Waals surface area contributed by atoms with Gasteiger partial charge in [0, 0.05) is 5.69 Å². The minimum atomic E-state index is -0.312. The number of nitrogens with zero attached hydrogens (tertiary/aromatic N) is 1. The van der Waals surface area contributed by atoms with Crippen molar-refractivity contribution in [1.29, 1.82) is 0 Å². The topological polar surface area (TPSA) is 76.4 Å². The maximum absolute atomic E-state index is 11.9. The van der Waals surface area contributed by atoms with Crippen molar-refractivity contribution in [3.05, 3.63) is 66.8 Å². The summed E-state index contributed by atoms with van der Waals surface area (Å²) in [6, 6.07) is 14.3. The molecular formula is C17H15N3O3. The molecule has 0 fully saturated rings.